The van der Waals surface area contributed by atoms with Crippen molar-refractivity contribution in [2.24, 2.45) is 17.8 Å². The first-order chi connectivity index (χ1) is 18.7. The molecule has 0 spiro atoms. The van der Waals surface area contributed by atoms with Crippen LogP contribution in [0.25, 0.3) is 0 Å². The van der Waals surface area contributed by atoms with Crippen LogP contribution in [-0.2, 0) is 15.8 Å². The average Bonchev–Trinajstić information content (AvgIpc) is 3.44. The summed E-state index contributed by atoms with van der Waals surface area (Å²) in [7, 11) is 3.12. The molecule has 2 N–H and O–H groups in total. The molecule has 3 fully saturated rings. The lowest BCUT2D eigenvalue weighted by atomic mass is 9.82. The Labute approximate surface area is 224 Å². The molecule has 2 saturated carbocycles. The number of nitrogens with one attached hydrogen (secondary N) is 2. The van der Waals surface area contributed by atoms with E-state index in [0.717, 1.165) is 56.5 Å². The molecule has 2 heterocycles. The highest BCUT2D eigenvalue weighted by atomic mass is 19.4. The van der Waals surface area contributed by atoms with Crippen LogP contribution in [0.5, 0.6) is 11.9 Å². The quantitative estimate of drug-likeness (QED) is 0.522. The van der Waals surface area contributed by atoms with Crippen molar-refractivity contribution >= 4 is 17.5 Å². The molecule has 12 heteroatoms. The standard InChI is InChI=1S/C27H32F3N5O4/c1-38-25-19(11-32-26(34-25)39-2)15-6-8-18(9-7-15)35-13-20-21(14-35)23(20)24(37)31-12-22(36)33-17-5-3-4-16(10-17)27(28,29)30/h3-5,10-11,15,18,20-21,23H,6-9,12-14H2,1-2H3,(H,31,37)(H,33,36)/t15?,18?,20-,21+,23?. The van der Waals surface area contributed by atoms with E-state index in [9.17, 15) is 22.8 Å². The van der Waals surface area contributed by atoms with Gasteiger partial charge in [0, 0.05) is 42.5 Å². The van der Waals surface area contributed by atoms with Crippen LogP contribution in [0.2, 0.25) is 0 Å². The normalized spacial score (nSPS) is 26.4. The van der Waals surface area contributed by atoms with Crippen LogP contribution >= 0.6 is 0 Å². The Bertz CT molecular complexity index is 1210. The number of methoxy groups -OCH3 is 2. The number of piperidine rings is 1. The van der Waals surface area contributed by atoms with Crippen molar-refractivity contribution in [1.29, 1.82) is 0 Å². The number of alkyl halides is 3. The van der Waals surface area contributed by atoms with E-state index >= 15 is 0 Å². The van der Waals surface area contributed by atoms with E-state index < -0.39 is 17.6 Å². The lowest BCUT2D eigenvalue weighted by molar-refractivity contribution is -0.137. The second-order valence-corrected chi connectivity index (χ2v) is 10.5. The van der Waals surface area contributed by atoms with Crippen molar-refractivity contribution < 1.29 is 32.2 Å². The maximum absolute atomic E-state index is 12.9. The third-order valence-corrected chi connectivity index (χ3v) is 8.21. The molecule has 1 aromatic carbocycles. The van der Waals surface area contributed by atoms with Crippen molar-refractivity contribution in [2.45, 2.75) is 43.8 Å². The number of carbonyl (C=O) groups excluding carboxylic acids is 2. The van der Waals surface area contributed by atoms with E-state index in [2.05, 4.69) is 25.5 Å². The van der Waals surface area contributed by atoms with E-state index in [4.69, 9.17) is 9.47 Å². The van der Waals surface area contributed by atoms with Gasteiger partial charge in [-0.1, -0.05) is 6.07 Å². The van der Waals surface area contributed by atoms with Gasteiger partial charge in [0.05, 0.1) is 26.3 Å². The lowest BCUT2D eigenvalue weighted by Crippen LogP contribution is -2.40. The molecule has 39 heavy (non-hydrogen) atoms. The van der Waals surface area contributed by atoms with E-state index in [1.807, 2.05) is 0 Å². The number of nitrogens with zero attached hydrogens (tertiary/aromatic N) is 3. The maximum atomic E-state index is 12.9. The van der Waals surface area contributed by atoms with Crippen LogP contribution in [-0.4, -0.2) is 66.6 Å². The van der Waals surface area contributed by atoms with Gasteiger partial charge in [-0.3, -0.25) is 14.5 Å². The zero-order valence-corrected chi connectivity index (χ0v) is 21.8. The molecule has 5 rings (SSSR count). The summed E-state index contributed by atoms with van der Waals surface area (Å²) in [5.74, 6) is 0.614. The summed E-state index contributed by atoms with van der Waals surface area (Å²) in [6.45, 7) is 1.45. The number of fused-ring (bicyclic) bond motifs is 1. The van der Waals surface area contributed by atoms with Crippen molar-refractivity contribution in [3.05, 3.63) is 41.6 Å². The van der Waals surface area contributed by atoms with Gasteiger partial charge in [-0.05, 0) is 61.6 Å². The molecule has 3 aliphatic rings. The molecule has 1 aromatic heterocycles. The fourth-order valence-corrected chi connectivity index (χ4v) is 6.16. The molecule has 0 bridgehead atoms. The molecule has 1 unspecified atom stereocenters. The Morgan fingerprint density at radius 2 is 1.79 bits per heavy atom. The number of likely N-dealkylation sites (tertiary alicyclic amines) is 1. The zero-order valence-electron chi connectivity index (χ0n) is 21.8. The van der Waals surface area contributed by atoms with Gasteiger partial charge in [0.2, 0.25) is 17.7 Å². The highest BCUT2D eigenvalue weighted by Gasteiger charge is 2.60. The van der Waals surface area contributed by atoms with Crippen LogP contribution in [0.15, 0.2) is 30.5 Å². The van der Waals surface area contributed by atoms with Crippen LogP contribution < -0.4 is 20.1 Å². The average molecular weight is 548 g/mol. The second-order valence-electron chi connectivity index (χ2n) is 10.5. The zero-order chi connectivity index (χ0) is 27.7. The largest absolute Gasteiger partial charge is 0.481 e. The second kappa shape index (κ2) is 11.0. The van der Waals surface area contributed by atoms with Gasteiger partial charge in [-0.25, -0.2) is 4.98 Å². The molecule has 1 saturated heterocycles. The fraction of sp³-hybridized carbons (Fsp3) is 0.556. The number of rotatable bonds is 8. The molecule has 0 radical (unpaired) electrons. The molecule has 210 valence electrons. The lowest BCUT2D eigenvalue weighted by Gasteiger charge is -2.36. The number of halogens is 3. The van der Waals surface area contributed by atoms with Gasteiger partial charge in [-0.2, -0.15) is 18.2 Å². The fourth-order valence-electron chi connectivity index (χ4n) is 6.16. The summed E-state index contributed by atoms with van der Waals surface area (Å²) in [5, 5.41) is 5.06. The number of hydrogen-bond donors (Lipinski definition) is 2. The van der Waals surface area contributed by atoms with Crippen molar-refractivity contribution in [2.75, 3.05) is 39.2 Å². The van der Waals surface area contributed by atoms with Gasteiger partial charge >= 0.3 is 12.2 Å². The van der Waals surface area contributed by atoms with Crippen LogP contribution in [0.3, 0.4) is 0 Å². The SMILES string of the molecule is COc1ncc(C2CCC(N3C[C@@H]4C(C(=O)NCC(=O)Nc5cccc(C(F)(F)F)c5)[C@@H]4C3)CC2)c(OC)n1. The number of ether oxygens (including phenoxy) is 2. The van der Waals surface area contributed by atoms with Crippen molar-refractivity contribution in [3.63, 3.8) is 0 Å². The molecule has 9 nitrogen and oxygen atoms in total. The topological polar surface area (TPSA) is 106 Å². The van der Waals surface area contributed by atoms with Crippen molar-refractivity contribution in [1.82, 2.24) is 20.2 Å². The highest BCUT2D eigenvalue weighted by molar-refractivity contribution is 5.95. The number of carbonyl (C=O) groups is 2. The predicted molar refractivity (Wildman–Crippen MR) is 135 cm³/mol. The summed E-state index contributed by atoms with van der Waals surface area (Å²) < 4.78 is 49.2. The number of hydrogen-bond acceptors (Lipinski definition) is 7. The summed E-state index contributed by atoms with van der Waals surface area (Å²) >= 11 is 0. The van der Waals surface area contributed by atoms with Gasteiger partial charge in [0.1, 0.15) is 0 Å². The summed E-state index contributed by atoms with van der Waals surface area (Å²) in [6, 6.07) is 5.17. The summed E-state index contributed by atoms with van der Waals surface area (Å²) in [5.41, 5.74) is 0.202. The minimum atomic E-state index is -4.50. The third-order valence-electron chi connectivity index (χ3n) is 8.21. The van der Waals surface area contributed by atoms with E-state index in [-0.39, 0.29) is 41.9 Å². The van der Waals surface area contributed by atoms with Crippen LogP contribution in [0, 0.1) is 17.8 Å². The number of benzene rings is 1. The molecule has 2 aromatic rings. The minimum Gasteiger partial charge on any atom is -0.481 e. The number of aromatic nitrogens is 2. The number of anilines is 1. The Balaban J connectivity index is 1.05. The van der Waals surface area contributed by atoms with Gasteiger partial charge in [-0.15, -0.1) is 0 Å². The van der Waals surface area contributed by atoms with Gasteiger partial charge < -0.3 is 20.1 Å². The summed E-state index contributed by atoms with van der Waals surface area (Å²) in [4.78, 5) is 35.9. The number of amides is 2. The van der Waals surface area contributed by atoms with Crippen LogP contribution in [0.1, 0.15) is 42.7 Å². The Morgan fingerprint density at radius 3 is 2.44 bits per heavy atom. The van der Waals surface area contributed by atoms with Crippen LogP contribution in [0.4, 0.5) is 18.9 Å². The Morgan fingerprint density at radius 1 is 1.08 bits per heavy atom. The first-order valence-corrected chi connectivity index (χ1v) is 13.1. The van der Waals surface area contributed by atoms with Gasteiger partial charge in [0.25, 0.3) is 0 Å². The maximum Gasteiger partial charge on any atom is 0.416 e. The molecule has 1 aliphatic heterocycles. The first-order valence-electron chi connectivity index (χ1n) is 13.1. The third kappa shape index (κ3) is 5.95. The predicted octanol–water partition coefficient (Wildman–Crippen LogP) is 3.47. The molecular weight excluding hydrogens is 515 g/mol. The van der Waals surface area contributed by atoms with E-state index in [1.54, 1.807) is 13.3 Å². The first kappa shape index (κ1) is 27.2. The van der Waals surface area contributed by atoms with Gasteiger partial charge in [0.15, 0.2) is 0 Å². The van der Waals surface area contributed by atoms with E-state index in [0.29, 0.717) is 17.8 Å². The smallest absolute Gasteiger partial charge is 0.416 e. The minimum absolute atomic E-state index is 0.0377. The molecule has 3 atom stereocenters. The Kier molecular flexibility index (Phi) is 7.66. The molecular formula is C27H32F3N5O4. The van der Waals surface area contributed by atoms with E-state index in [1.165, 1.54) is 19.2 Å². The Hall–Kier alpha value is -3.41. The molecule has 2 aliphatic carbocycles. The molecule has 2 amide bonds. The van der Waals surface area contributed by atoms with Crippen molar-refractivity contribution in [3.8, 4) is 11.9 Å². The highest BCUT2D eigenvalue weighted by Crippen LogP contribution is 2.53. The monoisotopic (exact) mass is 547 g/mol. The summed E-state index contributed by atoms with van der Waals surface area (Å²) in [6.07, 6.45) is 1.41.